The van der Waals surface area contributed by atoms with E-state index in [-0.39, 0.29) is 16.7 Å². The van der Waals surface area contributed by atoms with Crippen molar-refractivity contribution in [2.45, 2.75) is 52.4 Å². The number of carbonyl (C=O) groups excluding carboxylic acids is 3. The Morgan fingerprint density at radius 2 is 1.55 bits per heavy atom. The van der Waals surface area contributed by atoms with Crippen LogP contribution in [0.2, 0.25) is 0 Å². The van der Waals surface area contributed by atoms with E-state index in [1.54, 1.807) is 30.3 Å². The van der Waals surface area contributed by atoms with Crippen LogP contribution in [0, 0.1) is 0 Å². The van der Waals surface area contributed by atoms with Gasteiger partial charge in [0.1, 0.15) is 0 Å². The number of hydrogen-bond donors (Lipinski definition) is 2. The van der Waals surface area contributed by atoms with Gasteiger partial charge in [-0.2, -0.15) is 0 Å². The third kappa shape index (κ3) is 5.64. The van der Waals surface area contributed by atoms with E-state index >= 15 is 0 Å². The lowest BCUT2D eigenvalue weighted by molar-refractivity contribution is -0.115. The van der Waals surface area contributed by atoms with E-state index in [0.29, 0.717) is 16.0 Å². The minimum Gasteiger partial charge on any atom is -0.322 e. The Kier molecular flexibility index (Phi) is 6.14. The van der Waals surface area contributed by atoms with Crippen LogP contribution in [-0.4, -0.2) is 17.1 Å². The number of benzene rings is 2. The number of nitrogens with one attached hydrogen (secondary N) is 2. The van der Waals surface area contributed by atoms with E-state index in [4.69, 9.17) is 0 Å². The SMILES string of the molecule is CC(C)(C)c1cc(NC(=O)c2cccc(/C=C3/SC(=O)NC3=O)c2)cc(C(C)(C)C)c1. The Morgan fingerprint density at radius 1 is 0.935 bits per heavy atom. The molecule has 1 aliphatic rings. The zero-order chi connectivity index (χ0) is 23.0. The Labute approximate surface area is 187 Å². The van der Waals surface area contributed by atoms with Crippen molar-refractivity contribution in [3.8, 4) is 0 Å². The molecule has 5 nitrogen and oxygen atoms in total. The molecule has 2 aromatic rings. The van der Waals surface area contributed by atoms with Crippen LogP contribution in [0.5, 0.6) is 0 Å². The molecule has 0 radical (unpaired) electrons. The molecular weight excluding hydrogens is 408 g/mol. The summed E-state index contributed by atoms with van der Waals surface area (Å²) in [6, 6.07) is 13.2. The van der Waals surface area contributed by atoms with Crippen molar-refractivity contribution in [1.29, 1.82) is 0 Å². The molecule has 0 aromatic heterocycles. The van der Waals surface area contributed by atoms with Crippen LogP contribution >= 0.6 is 11.8 Å². The maximum atomic E-state index is 13.0. The summed E-state index contributed by atoms with van der Waals surface area (Å²) in [6.07, 6.45) is 1.61. The van der Waals surface area contributed by atoms with Crippen LogP contribution in [-0.2, 0) is 15.6 Å². The number of carbonyl (C=O) groups is 3. The van der Waals surface area contributed by atoms with Crippen molar-refractivity contribution in [2.24, 2.45) is 0 Å². The molecule has 0 aliphatic carbocycles. The van der Waals surface area contributed by atoms with Gasteiger partial charge in [0.25, 0.3) is 17.1 Å². The molecule has 0 unspecified atom stereocenters. The molecule has 2 aromatic carbocycles. The fraction of sp³-hybridized carbons (Fsp3) is 0.320. The van der Waals surface area contributed by atoms with Crippen molar-refractivity contribution in [2.75, 3.05) is 5.32 Å². The zero-order valence-corrected chi connectivity index (χ0v) is 19.6. The van der Waals surface area contributed by atoms with Crippen LogP contribution in [0.25, 0.3) is 6.08 Å². The number of imide groups is 1. The second-order valence-electron chi connectivity index (χ2n) is 9.73. The largest absolute Gasteiger partial charge is 0.322 e. The number of thioether (sulfide) groups is 1. The second-order valence-corrected chi connectivity index (χ2v) is 10.7. The van der Waals surface area contributed by atoms with Gasteiger partial charge in [0.15, 0.2) is 0 Å². The Hall–Kier alpha value is -2.86. The summed E-state index contributed by atoms with van der Waals surface area (Å²) in [5.74, 6) is -0.649. The minimum atomic E-state index is -0.418. The first-order valence-electron chi connectivity index (χ1n) is 10.2. The van der Waals surface area contributed by atoms with E-state index in [9.17, 15) is 14.4 Å². The monoisotopic (exact) mass is 436 g/mol. The molecule has 3 amide bonds. The summed E-state index contributed by atoms with van der Waals surface area (Å²) >= 11 is 0.854. The molecule has 1 fully saturated rings. The summed E-state index contributed by atoms with van der Waals surface area (Å²) < 4.78 is 0. The van der Waals surface area contributed by atoms with Gasteiger partial charge in [-0.1, -0.05) is 59.7 Å². The van der Waals surface area contributed by atoms with Crippen LogP contribution in [0.15, 0.2) is 47.4 Å². The van der Waals surface area contributed by atoms with E-state index in [0.717, 1.165) is 28.6 Å². The Balaban J connectivity index is 1.89. The molecule has 31 heavy (non-hydrogen) atoms. The summed E-state index contributed by atoms with van der Waals surface area (Å²) in [5.41, 5.74) is 4.11. The lowest BCUT2D eigenvalue weighted by Gasteiger charge is -2.26. The number of anilines is 1. The molecule has 3 rings (SSSR count). The van der Waals surface area contributed by atoms with Crippen molar-refractivity contribution in [3.05, 3.63) is 69.6 Å². The van der Waals surface area contributed by atoms with Gasteiger partial charge in [-0.25, -0.2) is 0 Å². The average Bonchev–Trinajstić information content (AvgIpc) is 2.97. The Bertz CT molecular complexity index is 1060. The van der Waals surface area contributed by atoms with Gasteiger partial charge < -0.3 is 5.32 Å². The molecule has 1 aliphatic heterocycles. The van der Waals surface area contributed by atoms with Crippen molar-refractivity contribution in [1.82, 2.24) is 5.32 Å². The first-order chi connectivity index (χ1) is 14.3. The molecular formula is C25H28N2O3S. The third-order valence-electron chi connectivity index (χ3n) is 5.01. The topological polar surface area (TPSA) is 75.3 Å². The first-order valence-corrected chi connectivity index (χ1v) is 11.0. The molecule has 1 heterocycles. The van der Waals surface area contributed by atoms with Gasteiger partial charge in [0.2, 0.25) is 0 Å². The highest BCUT2D eigenvalue weighted by Crippen LogP contribution is 2.32. The molecule has 6 heteroatoms. The molecule has 0 atom stereocenters. The third-order valence-corrected chi connectivity index (χ3v) is 5.82. The fourth-order valence-electron chi connectivity index (χ4n) is 3.11. The summed E-state index contributed by atoms with van der Waals surface area (Å²) in [4.78, 5) is 36.4. The predicted octanol–water partition coefficient (Wildman–Crippen LogP) is 5.86. The van der Waals surface area contributed by atoms with Crippen LogP contribution in [0.4, 0.5) is 10.5 Å². The van der Waals surface area contributed by atoms with Gasteiger partial charge >= 0.3 is 0 Å². The van der Waals surface area contributed by atoms with Crippen molar-refractivity contribution >= 4 is 40.6 Å². The number of amides is 3. The average molecular weight is 437 g/mol. The Morgan fingerprint density at radius 3 is 2.06 bits per heavy atom. The fourth-order valence-corrected chi connectivity index (χ4v) is 3.79. The smallest absolute Gasteiger partial charge is 0.290 e. The molecule has 0 spiro atoms. The maximum Gasteiger partial charge on any atom is 0.290 e. The summed E-state index contributed by atoms with van der Waals surface area (Å²) in [6.45, 7) is 12.9. The lowest BCUT2D eigenvalue weighted by atomic mass is 9.80. The predicted molar refractivity (Wildman–Crippen MR) is 127 cm³/mol. The van der Waals surface area contributed by atoms with Gasteiger partial charge in [-0.15, -0.1) is 0 Å². The number of hydrogen-bond acceptors (Lipinski definition) is 4. The highest BCUT2D eigenvalue weighted by atomic mass is 32.2. The second kappa shape index (κ2) is 8.35. The molecule has 162 valence electrons. The normalized spacial score (nSPS) is 15.9. The molecule has 2 N–H and O–H groups in total. The van der Waals surface area contributed by atoms with E-state index < -0.39 is 11.1 Å². The van der Waals surface area contributed by atoms with E-state index in [1.807, 2.05) is 12.1 Å². The molecule has 0 saturated carbocycles. The van der Waals surface area contributed by atoms with Gasteiger partial charge in [-0.05, 0) is 69.6 Å². The van der Waals surface area contributed by atoms with E-state index in [1.165, 1.54) is 0 Å². The zero-order valence-electron chi connectivity index (χ0n) is 18.8. The standard InChI is InChI=1S/C25H28N2O3S/c1-24(2,3)17-12-18(25(4,5)6)14-19(13-17)26-21(28)16-9-7-8-15(10-16)11-20-22(29)27-23(30)31-20/h7-14H,1-6H3,(H,26,28)(H,27,29,30)/b20-11+. The van der Waals surface area contributed by atoms with Gasteiger partial charge in [0, 0.05) is 11.3 Å². The highest BCUT2D eigenvalue weighted by molar-refractivity contribution is 8.18. The number of rotatable bonds is 3. The van der Waals surface area contributed by atoms with E-state index in [2.05, 4.69) is 58.2 Å². The van der Waals surface area contributed by atoms with Crippen LogP contribution < -0.4 is 10.6 Å². The lowest BCUT2D eigenvalue weighted by Crippen LogP contribution is -2.19. The van der Waals surface area contributed by atoms with Gasteiger partial charge in [0.05, 0.1) is 4.91 Å². The van der Waals surface area contributed by atoms with Crippen molar-refractivity contribution in [3.63, 3.8) is 0 Å². The highest BCUT2D eigenvalue weighted by Gasteiger charge is 2.25. The van der Waals surface area contributed by atoms with Gasteiger partial charge in [-0.3, -0.25) is 19.7 Å². The quantitative estimate of drug-likeness (QED) is 0.591. The van der Waals surface area contributed by atoms with Crippen molar-refractivity contribution < 1.29 is 14.4 Å². The van der Waals surface area contributed by atoms with Crippen LogP contribution in [0.1, 0.15) is 68.6 Å². The maximum absolute atomic E-state index is 13.0. The molecule has 1 saturated heterocycles. The summed E-state index contributed by atoms with van der Waals surface area (Å²) in [5, 5.41) is 4.86. The summed E-state index contributed by atoms with van der Waals surface area (Å²) in [7, 11) is 0. The first kappa shape index (κ1) is 22.8. The minimum absolute atomic E-state index is 0.0518. The molecule has 0 bridgehead atoms. The van der Waals surface area contributed by atoms with Crippen LogP contribution in [0.3, 0.4) is 0 Å².